The van der Waals surface area contributed by atoms with Gasteiger partial charge in [0.15, 0.2) is 5.65 Å². The first-order chi connectivity index (χ1) is 13.5. The molecular weight excluding hydrogens is 416 g/mol. The van der Waals surface area contributed by atoms with Crippen LogP contribution in [0.3, 0.4) is 0 Å². The molecule has 28 heavy (non-hydrogen) atoms. The van der Waals surface area contributed by atoms with Crippen molar-refractivity contribution in [1.82, 2.24) is 19.9 Å². The van der Waals surface area contributed by atoms with Crippen molar-refractivity contribution in [2.75, 3.05) is 0 Å². The van der Waals surface area contributed by atoms with E-state index in [0.29, 0.717) is 12.1 Å². The fourth-order valence-corrected chi connectivity index (χ4v) is 3.74. The Morgan fingerprint density at radius 3 is 2.64 bits per heavy atom. The summed E-state index contributed by atoms with van der Waals surface area (Å²) >= 11 is 3.45. The van der Waals surface area contributed by atoms with Gasteiger partial charge in [0, 0.05) is 22.8 Å². The summed E-state index contributed by atoms with van der Waals surface area (Å²) < 4.78 is 2.74. The first kappa shape index (κ1) is 18.4. The van der Waals surface area contributed by atoms with Gasteiger partial charge < -0.3 is 5.32 Å². The molecule has 0 aliphatic rings. The molecule has 140 valence electrons. The molecule has 0 radical (unpaired) electrons. The number of aryl methyl sites for hydroxylation is 2. The molecule has 0 saturated carbocycles. The lowest BCUT2D eigenvalue weighted by atomic mass is 10.1. The second-order valence-corrected chi connectivity index (χ2v) is 7.55. The molecule has 6 heteroatoms. The first-order valence-corrected chi connectivity index (χ1v) is 9.77. The molecule has 0 bridgehead atoms. The molecule has 1 N–H and O–H groups in total. The van der Waals surface area contributed by atoms with Crippen molar-refractivity contribution >= 4 is 27.5 Å². The van der Waals surface area contributed by atoms with E-state index in [2.05, 4.69) is 31.3 Å². The second-order valence-electron chi connectivity index (χ2n) is 6.63. The number of benzene rings is 2. The highest BCUT2D eigenvalue weighted by Crippen LogP contribution is 2.27. The van der Waals surface area contributed by atoms with E-state index >= 15 is 0 Å². The van der Waals surface area contributed by atoms with Crippen LogP contribution in [0.4, 0.5) is 0 Å². The Hall–Kier alpha value is -2.99. The smallest absolute Gasteiger partial charge is 0.254 e. The predicted molar refractivity (Wildman–Crippen MR) is 113 cm³/mol. The number of hydrogen-bond acceptors (Lipinski definition) is 3. The van der Waals surface area contributed by atoms with E-state index in [1.165, 1.54) is 0 Å². The quantitative estimate of drug-likeness (QED) is 0.505. The highest BCUT2D eigenvalue weighted by atomic mass is 79.9. The molecule has 0 aliphatic carbocycles. The summed E-state index contributed by atoms with van der Waals surface area (Å²) in [6.45, 7) is 4.30. The topological polar surface area (TPSA) is 59.3 Å². The van der Waals surface area contributed by atoms with Crippen molar-refractivity contribution in [2.45, 2.75) is 20.4 Å². The monoisotopic (exact) mass is 434 g/mol. The second kappa shape index (κ2) is 7.56. The SMILES string of the molecule is Cc1nn2c(C)c(C(=O)NCc3cccc(Br)c3)cnc2c1-c1ccccc1. The summed E-state index contributed by atoms with van der Waals surface area (Å²) in [7, 11) is 0. The van der Waals surface area contributed by atoms with Crippen LogP contribution >= 0.6 is 15.9 Å². The number of nitrogens with zero attached hydrogens (tertiary/aromatic N) is 3. The molecule has 1 amide bonds. The van der Waals surface area contributed by atoms with Crippen LogP contribution < -0.4 is 5.32 Å². The number of carbonyl (C=O) groups excluding carboxylic acids is 1. The van der Waals surface area contributed by atoms with Gasteiger partial charge >= 0.3 is 0 Å². The summed E-state index contributed by atoms with van der Waals surface area (Å²) in [5, 5.41) is 7.59. The predicted octanol–water partition coefficient (Wildman–Crippen LogP) is 4.71. The highest BCUT2D eigenvalue weighted by molar-refractivity contribution is 9.10. The summed E-state index contributed by atoms with van der Waals surface area (Å²) in [5.74, 6) is -0.165. The summed E-state index contributed by atoms with van der Waals surface area (Å²) in [5.41, 5.74) is 6.00. The molecule has 4 rings (SSSR count). The molecule has 2 aromatic carbocycles. The zero-order valence-corrected chi connectivity index (χ0v) is 17.2. The largest absolute Gasteiger partial charge is 0.348 e. The Morgan fingerprint density at radius 1 is 1.11 bits per heavy atom. The van der Waals surface area contributed by atoms with Crippen LogP contribution in [0, 0.1) is 13.8 Å². The third-order valence-corrected chi connectivity index (χ3v) is 5.20. The molecule has 0 saturated heterocycles. The van der Waals surface area contributed by atoms with Gasteiger partial charge in [-0.05, 0) is 37.1 Å². The van der Waals surface area contributed by atoms with Gasteiger partial charge in [0.05, 0.1) is 17.0 Å². The fraction of sp³-hybridized carbons (Fsp3) is 0.136. The lowest BCUT2D eigenvalue weighted by Crippen LogP contribution is -2.24. The maximum absolute atomic E-state index is 12.7. The van der Waals surface area contributed by atoms with Crippen molar-refractivity contribution in [1.29, 1.82) is 0 Å². The molecule has 0 atom stereocenters. The standard InChI is InChI=1S/C22H19BrN4O/c1-14-20(17-8-4-3-5-9-17)21-24-13-19(15(2)27(21)26-14)22(28)25-12-16-7-6-10-18(23)11-16/h3-11,13H,12H2,1-2H3,(H,25,28). The van der Waals surface area contributed by atoms with E-state index in [9.17, 15) is 4.79 Å². The van der Waals surface area contributed by atoms with E-state index < -0.39 is 0 Å². The van der Waals surface area contributed by atoms with Gasteiger partial charge in [-0.2, -0.15) is 5.10 Å². The molecule has 0 aliphatic heterocycles. The average molecular weight is 435 g/mol. The van der Waals surface area contributed by atoms with Gasteiger partial charge in [-0.1, -0.05) is 58.4 Å². The number of nitrogens with one attached hydrogen (secondary N) is 1. The van der Waals surface area contributed by atoms with E-state index in [4.69, 9.17) is 0 Å². The normalized spacial score (nSPS) is 11.0. The lowest BCUT2D eigenvalue weighted by molar-refractivity contribution is 0.0949. The average Bonchev–Trinajstić information content (AvgIpc) is 3.04. The maximum atomic E-state index is 12.7. The van der Waals surface area contributed by atoms with Gasteiger partial charge in [-0.15, -0.1) is 0 Å². The molecule has 2 aromatic heterocycles. The highest BCUT2D eigenvalue weighted by Gasteiger charge is 2.18. The molecular formula is C22H19BrN4O. The molecule has 2 heterocycles. The minimum absolute atomic E-state index is 0.165. The number of fused-ring (bicyclic) bond motifs is 1. The molecule has 0 spiro atoms. The van der Waals surface area contributed by atoms with E-state index in [1.54, 1.807) is 10.7 Å². The maximum Gasteiger partial charge on any atom is 0.254 e. The third kappa shape index (κ3) is 3.43. The van der Waals surface area contributed by atoms with E-state index in [1.807, 2.05) is 68.4 Å². The van der Waals surface area contributed by atoms with Crippen LogP contribution in [0.15, 0.2) is 65.3 Å². The molecule has 0 unspecified atom stereocenters. The Balaban J connectivity index is 1.66. The van der Waals surface area contributed by atoms with Crippen molar-refractivity contribution in [3.8, 4) is 11.1 Å². The van der Waals surface area contributed by atoms with Crippen molar-refractivity contribution in [3.63, 3.8) is 0 Å². The number of carbonyl (C=O) groups is 1. The fourth-order valence-electron chi connectivity index (χ4n) is 3.29. The number of halogens is 1. The van der Waals surface area contributed by atoms with Crippen molar-refractivity contribution < 1.29 is 4.79 Å². The Labute approximate surface area is 171 Å². The van der Waals surface area contributed by atoms with Gasteiger partial charge in [-0.25, -0.2) is 9.50 Å². The van der Waals surface area contributed by atoms with E-state index in [-0.39, 0.29) is 5.91 Å². The first-order valence-electron chi connectivity index (χ1n) is 8.97. The van der Waals surface area contributed by atoms with Gasteiger partial charge in [0.1, 0.15) is 0 Å². The minimum atomic E-state index is -0.165. The zero-order chi connectivity index (χ0) is 19.7. The van der Waals surface area contributed by atoms with Gasteiger partial charge in [0.25, 0.3) is 5.91 Å². The van der Waals surface area contributed by atoms with Crippen LogP contribution in [-0.2, 0) is 6.54 Å². The number of aromatic nitrogens is 3. The number of amides is 1. The van der Waals surface area contributed by atoms with Crippen molar-refractivity contribution in [2.24, 2.45) is 0 Å². The summed E-state index contributed by atoms with van der Waals surface area (Å²) in [6.07, 6.45) is 1.63. The lowest BCUT2D eigenvalue weighted by Gasteiger charge is -2.09. The van der Waals surface area contributed by atoms with Crippen LogP contribution in [0.2, 0.25) is 0 Å². The number of rotatable bonds is 4. The summed E-state index contributed by atoms with van der Waals surface area (Å²) in [4.78, 5) is 17.3. The Bertz CT molecular complexity index is 1170. The van der Waals surface area contributed by atoms with E-state index in [0.717, 1.165) is 38.2 Å². The van der Waals surface area contributed by atoms with Gasteiger partial charge in [-0.3, -0.25) is 4.79 Å². The van der Waals surface area contributed by atoms with Crippen molar-refractivity contribution in [3.05, 3.63) is 87.8 Å². The third-order valence-electron chi connectivity index (χ3n) is 4.71. The molecule has 4 aromatic rings. The van der Waals surface area contributed by atoms with Crippen LogP contribution in [0.5, 0.6) is 0 Å². The van der Waals surface area contributed by atoms with Crippen LogP contribution in [-0.4, -0.2) is 20.5 Å². The molecule has 5 nitrogen and oxygen atoms in total. The Kier molecular flexibility index (Phi) is 4.96. The molecule has 0 fully saturated rings. The summed E-state index contributed by atoms with van der Waals surface area (Å²) in [6, 6.07) is 17.9. The Morgan fingerprint density at radius 2 is 1.89 bits per heavy atom. The number of hydrogen-bond donors (Lipinski definition) is 1. The van der Waals surface area contributed by atoms with Crippen LogP contribution in [0.25, 0.3) is 16.8 Å². The van der Waals surface area contributed by atoms with Crippen LogP contribution in [0.1, 0.15) is 27.3 Å². The zero-order valence-electron chi connectivity index (χ0n) is 15.6. The van der Waals surface area contributed by atoms with Gasteiger partial charge in [0.2, 0.25) is 0 Å². The minimum Gasteiger partial charge on any atom is -0.348 e.